The minimum absolute atomic E-state index is 0.0341. The number of aliphatic hydroxyl groups is 1. The summed E-state index contributed by atoms with van der Waals surface area (Å²) >= 11 is 1.64. The summed E-state index contributed by atoms with van der Waals surface area (Å²) in [6, 6.07) is 2.05. The Balaban J connectivity index is 2.35. The van der Waals surface area contributed by atoms with E-state index < -0.39 is 0 Å². The molecule has 0 aromatic carbocycles. The van der Waals surface area contributed by atoms with Crippen molar-refractivity contribution in [1.82, 2.24) is 4.90 Å². The topological polar surface area (TPSA) is 40.5 Å². The summed E-state index contributed by atoms with van der Waals surface area (Å²) < 4.78 is 0. The molecule has 1 amide bonds. The third-order valence-electron chi connectivity index (χ3n) is 2.81. The second kappa shape index (κ2) is 8.06. The van der Waals surface area contributed by atoms with Crippen LogP contribution >= 0.6 is 11.3 Å². The maximum Gasteiger partial charge on any atom is 0.246 e. The lowest BCUT2D eigenvalue weighted by Gasteiger charge is -2.14. The van der Waals surface area contributed by atoms with Crippen LogP contribution < -0.4 is 0 Å². The van der Waals surface area contributed by atoms with Crippen LogP contribution in [0.4, 0.5) is 0 Å². The van der Waals surface area contributed by atoms with Gasteiger partial charge in [0.2, 0.25) is 5.91 Å². The van der Waals surface area contributed by atoms with Gasteiger partial charge in [0.15, 0.2) is 0 Å². The van der Waals surface area contributed by atoms with E-state index in [4.69, 9.17) is 5.11 Å². The highest BCUT2D eigenvalue weighted by atomic mass is 32.1. The Morgan fingerprint density at radius 3 is 2.83 bits per heavy atom. The van der Waals surface area contributed by atoms with E-state index in [2.05, 4.69) is 0 Å². The van der Waals surface area contributed by atoms with Gasteiger partial charge in [-0.2, -0.15) is 0 Å². The highest BCUT2D eigenvalue weighted by molar-refractivity contribution is 7.11. The van der Waals surface area contributed by atoms with Crippen molar-refractivity contribution < 1.29 is 9.90 Å². The number of likely N-dealkylation sites (N-methyl/N-ethyl adjacent to an activating group) is 1. The number of hydrogen-bond acceptors (Lipinski definition) is 3. The number of nitrogens with zero attached hydrogens (tertiary/aromatic N) is 1. The fraction of sp³-hybridized carbons (Fsp3) is 0.500. The number of hydrogen-bond donors (Lipinski definition) is 1. The number of aliphatic hydroxyl groups excluding tert-OH is 1. The second-order valence-corrected chi connectivity index (χ2v) is 5.29. The summed E-state index contributed by atoms with van der Waals surface area (Å²) in [5.41, 5.74) is 1.20. The third-order valence-corrected chi connectivity index (χ3v) is 3.79. The van der Waals surface area contributed by atoms with Crippen LogP contribution in [-0.4, -0.2) is 36.1 Å². The molecule has 0 saturated carbocycles. The van der Waals surface area contributed by atoms with E-state index in [1.165, 1.54) is 5.56 Å². The lowest BCUT2D eigenvalue weighted by molar-refractivity contribution is -0.124. The van der Waals surface area contributed by atoms with Crippen LogP contribution in [0, 0.1) is 6.92 Å². The van der Waals surface area contributed by atoms with Gasteiger partial charge in [0.25, 0.3) is 0 Å². The largest absolute Gasteiger partial charge is 0.396 e. The minimum Gasteiger partial charge on any atom is -0.396 e. The Hall–Kier alpha value is -1.13. The number of aryl methyl sites for hydroxylation is 1. The molecule has 0 aliphatic rings. The number of amides is 1. The van der Waals surface area contributed by atoms with Crippen LogP contribution in [-0.2, 0) is 4.79 Å². The van der Waals surface area contributed by atoms with Crippen molar-refractivity contribution in [3.8, 4) is 0 Å². The summed E-state index contributed by atoms with van der Waals surface area (Å²) in [6.07, 6.45) is 6.22. The molecule has 1 aromatic rings. The van der Waals surface area contributed by atoms with Crippen LogP contribution in [0.2, 0.25) is 0 Å². The van der Waals surface area contributed by atoms with E-state index in [-0.39, 0.29) is 12.5 Å². The zero-order valence-electron chi connectivity index (χ0n) is 11.1. The van der Waals surface area contributed by atoms with Gasteiger partial charge in [0, 0.05) is 31.2 Å². The van der Waals surface area contributed by atoms with E-state index in [0.29, 0.717) is 0 Å². The van der Waals surface area contributed by atoms with E-state index in [0.717, 1.165) is 30.7 Å². The van der Waals surface area contributed by atoms with E-state index in [1.54, 1.807) is 22.3 Å². The fourth-order valence-corrected chi connectivity index (χ4v) is 2.40. The van der Waals surface area contributed by atoms with Gasteiger partial charge < -0.3 is 10.0 Å². The molecule has 4 heteroatoms. The highest BCUT2D eigenvalue weighted by Crippen LogP contribution is 2.17. The Kier molecular flexibility index (Phi) is 6.68. The first-order valence-electron chi connectivity index (χ1n) is 6.23. The lowest BCUT2D eigenvalue weighted by atomic mass is 10.2. The molecule has 1 rings (SSSR count). The quantitative estimate of drug-likeness (QED) is 0.609. The van der Waals surface area contributed by atoms with Crippen molar-refractivity contribution in [2.75, 3.05) is 20.2 Å². The second-order valence-electron chi connectivity index (χ2n) is 4.35. The normalized spacial score (nSPS) is 11.1. The Morgan fingerprint density at radius 1 is 1.44 bits per heavy atom. The molecule has 1 heterocycles. The summed E-state index contributed by atoms with van der Waals surface area (Å²) in [7, 11) is 1.81. The SMILES string of the molecule is Cc1ccsc1/C=C/C(=O)N(C)CCCCCO. The molecule has 0 aliphatic carbocycles. The standard InChI is InChI=1S/C14H21NO2S/c1-12-8-11-18-13(12)6-7-14(17)15(2)9-4-3-5-10-16/h6-8,11,16H,3-5,9-10H2,1-2H3/b7-6+. The predicted molar refractivity (Wildman–Crippen MR) is 76.7 cm³/mol. The maximum atomic E-state index is 11.8. The number of thiophene rings is 1. The van der Waals surface area contributed by atoms with Crippen molar-refractivity contribution >= 4 is 23.3 Å². The van der Waals surface area contributed by atoms with Crippen LogP contribution in [0.25, 0.3) is 6.08 Å². The van der Waals surface area contributed by atoms with E-state index >= 15 is 0 Å². The molecule has 0 saturated heterocycles. The van der Waals surface area contributed by atoms with Crippen LogP contribution in [0.1, 0.15) is 29.7 Å². The molecule has 0 spiro atoms. The Bertz CT molecular complexity index is 398. The van der Waals surface area contributed by atoms with Gasteiger partial charge in [-0.05, 0) is 49.3 Å². The number of rotatable bonds is 7. The number of carbonyl (C=O) groups excluding carboxylic acids is 1. The molecule has 1 aromatic heterocycles. The van der Waals surface area contributed by atoms with Gasteiger partial charge in [0.1, 0.15) is 0 Å². The molecule has 0 fully saturated rings. The van der Waals surface area contributed by atoms with Crippen molar-refractivity contribution in [2.24, 2.45) is 0 Å². The smallest absolute Gasteiger partial charge is 0.246 e. The van der Waals surface area contributed by atoms with Gasteiger partial charge in [-0.25, -0.2) is 0 Å². The Morgan fingerprint density at radius 2 is 2.22 bits per heavy atom. The number of carbonyl (C=O) groups is 1. The first-order valence-corrected chi connectivity index (χ1v) is 7.11. The average Bonchev–Trinajstić information content (AvgIpc) is 2.77. The summed E-state index contributed by atoms with van der Waals surface area (Å²) in [5.74, 6) is 0.0341. The molecule has 0 atom stereocenters. The summed E-state index contributed by atoms with van der Waals surface area (Å²) in [4.78, 5) is 14.7. The van der Waals surface area contributed by atoms with Crippen LogP contribution in [0.5, 0.6) is 0 Å². The van der Waals surface area contributed by atoms with Crippen LogP contribution in [0.15, 0.2) is 17.5 Å². The molecule has 0 radical (unpaired) electrons. The molecule has 0 aliphatic heterocycles. The number of unbranched alkanes of at least 4 members (excludes halogenated alkanes) is 2. The van der Waals surface area contributed by atoms with Crippen molar-refractivity contribution in [2.45, 2.75) is 26.2 Å². The van der Waals surface area contributed by atoms with Crippen molar-refractivity contribution in [3.05, 3.63) is 28.0 Å². The third kappa shape index (κ3) is 5.02. The van der Waals surface area contributed by atoms with Gasteiger partial charge in [0.05, 0.1) is 0 Å². The van der Waals surface area contributed by atoms with Gasteiger partial charge >= 0.3 is 0 Å². The van der Waals surface area contributed by atoms with Gasteiger partial charge in [-0.3, -0.25) is 4.79 Å². The van der Waals surface area contributed by atoms with E-state index in [1.807, 2.05) is 31.5 Å². The maximum absolute atomic E-state index is 11.8. The average molecular weight is 267 g/mol. The Labute approximate surface area is 113 Å². The summed E-state index contributed by atoms with van der Waals surface area (Å²) in [5, 5.41) is 10.7. The molecular weight excluding hydrogens is 246 g/mol. The first kappa shape index (κ1) is 14.9. The minimum atomic E-state index is 0.0341. The molecule has 3 nitrogen and oxygen atoms in total. The van der Waals surface area contributed by atoms with Crippen molar-refractivity contribution in [3.63, 3.8) is 0 Å². The molecule has 0 bridgehead atoms. The van der Waals surface area contributed by atoms with Gasteiger partial charge in [-0.1, -0.05) is 0 Å². The zero-order chi connectivity index (χ0) is 13.4. The molecule has 100 valence electrons. The zero-order valence-corrected chi connectivity index (χ0v) is 11.9. The monoisotopic (exact) mass is 267 g/mol. The lowest BCUT2D eigenvalue weighted by Crippen LogP contribution is -2.25. The fourth-order valence-electron chi connectivity index (χ4n) is 1.58. The highest BCUT2D eigenvalue weighted by Gasteiger charge is 2.04. The van der Waals surface area contributed by atoms with Crippen LogP contribution in [0.3, 0.4) is 0 Å². The molecular formula is C14H21NO2S. The first-order chi connectivity index (χ1) is 8.65. The van der Waals surface area contributed by atoms with Gasteiger partial charge in [-0.15, -0.1) is 11.3 Å². The predicted octanol–water partition coefficient (Wildman–Crippen LogP) is 2.69. The molecule has 18 heavy (non-hydrogen) atoms. The summed E-state index contributed by atoms with van der Waals surface area (Å²) in [6.45, 7) is 3.01. The molecule has 0 unspecified atom stereocenters. The molecule has 1 N–H and O–H groups in total. The van der Waals surface area contributed by atoms with Crippen molar-refractivity contribution in [1.29, 1.82) is 0 Å². The van der Waals surface area contributed by atoms with E-state index in [9.17, 15) is 4.79 Å².